The molecule has 1 aromatic heterocycles. The van der Waals surface area contributed by atoms with Gasteiger partial charge in [-0.15, -0.1) is 11.8 Å². The number of aryl methyl sites for hydroxylation is 1. The molecule has 3 heterocycles. The zero-order valence-electron chi connectivity index (χ0n) is 11.8. The average molecular weight is 290 g/mol. The standard InChI is InChI=1S/C16H22N2OS/c1-2-16(15-9-17-6-3-12(1)15)20-14-4-7-18(10-14)13-5-8-19-11-13/h3,6,9,13-14,16H,1-2,4-5,7-8,10-11H2/t13?,14-,16?/m1/s1. The molecule has 2 saturated heterocycles. The molecule has 1 aromatic rings. The maximum Gasteiger partial charge on any atom is 0.0622 e. The predicted molar refractivity (Wildman–Crippen MR) is 82.1 cm³/mol. The van der Waals surface area contributed by atoms with Crippen LogP contribution in [0.2, 0.25) is 0 Å². The summed E-state index contributed by atoms with van der Waals surface area (Å²) in [6.45, 7) is 4.43. The number of thioether (sulfide) groups is 1. The summed E-state index contributed by atoms with van der Waals surface area (Å²) in [6.07, 6.45) is 9.14. The van der Waals surface area contributed by atoms with Crippen LogP contribution in [0.4, 0.5) is 0 Å². The second-order valence-electron chi connectivity index (χ2n) is 6.16. The van der Waals surface area contributed by atoms with E-state index in [2.05, 4.69) is 33.9 Å². The molecule has 2 fully saturated rings. The maximum absolute atomic E-state index is 5.53. The van der Waals surface area contributed by atoms with Gasteiger partial charge in [0.15, 0.2) is 0 Å². The molecule has 0 spiro atoms. The van der Waals surface area contributed by atoms with Crippen molar-refractivity contribution in [3.05, 3.63) is 29.6 Å². The van der Waals surface area contributed by atoms with E-state index in [1.54, 1.807) is 0 Å². The van der Waals surface area contributed by atoms with Crippen LogP contribution >= 0.6 is 11.8 Å². The van der Waals surface area contributed by atoms with E-state index >= 15 is 0 Å². The van der Waals surface area contributed by atoms with Gasteiger partial charge in [-0.05, 0) is 49.4 Å². The van der Waals surface area contributed by atoms with Crippen LogP contribution in [0.5, 0.6) is 0 Å². The van der Waals surface area contributed by atoms with Crippen LogP contribution in [0.25, 0.3) is 0 Å². The van der Waals surface area contributed by atoms with Crippen molar-refractivity contribution in [3.8, 4) is 0 Å². The van der Waals surface area contributed by atoms with Gasteiger partial charge < -0.3 is 4.74 Å². The highest BCUT2D eigenvalue weighted by Gasteiger charge is 2.33. The Morgan fingerprint density at radius 2 is 2.30 bits per heavy atom. The molecule has 4 heteroatoms. The Bertz CT molecular complexity index is 475. The summed E-state index contributed by atoms with van der Waals surface area (Å²) in [7, 11) is 0. The van der Waals surface area contributed by atoms with Crippen LogP contribution < -0.4 is 0 Å². The lowest BCUT2D eigenvalue weighted by atomic mass is 10.2. The number of hydrogen-bond donors (Lipinski definition) is 0. The van der Waals surface area contributed by atoms with Crippen LogP contribution in [-0.2, 0) is 11.2 Å². The van der Waals surface area contributed by atoms with E-state index in [1.165, 1.54) is 49.9 Å². The average Bonchev–Trinajstić information content (AvgIpc) is 3.19. The zero-order valence-corrected chi connectivity index (χ0v) is 12.6. The largest absolute Gasteiger partial charge is 0.380 e. The number of rotatable bonds is 3. The van der Waals surface area contributed by atoms with Crippen molar-refractivity contribution < 1.29 is 4.74 Å². The van der Waals surface area contributed by atoms with E-state index in [0.29, 0.717) is 11.3 Å². The van der Waals surface area contributed by atoms with Crippen molar-refractivity contribution >= 4 is 11.8 Å². The van der Waals surface area contributed by atoms with E-state index in [9.17, 15) is 0 Å². The maximum atomic E-state index is 5.53. The molecule has 0 aromatic carbocycles. The summed E-state index contributed by atoms with van der Waals surface area (Å²) in [5.41, 5.74) is 3.02. The number of likely N-dealkylation sites (tertiary alicyclic amines) is 1. The smallest absolute Gasteiger partial charge is 0.0622 e. The van der Waals surface area contributed by atoms with Gasteiger partial charge in [0.05, 0.1) is 6.61 Å². The molecule has 0 radical (unpaired) electrons. The van der Waals surface area contributed by atoms with Gasteiger partial charge in [-0.25, -0.2) is 0 Å². The van der Waals surface area contributed by atoms with Crippen LogP contribution in [0, 0.1) is 0 Å². The van der Waals surface area contributed by atoms with Crippen molar-refractivity contribution in [2.75, 3.05) is 26.3 Å². The van der Waals surface area contributed by atoms with Gasteiger partial charge in [-0.2, -0.15) is 0 Å². The summed E-state index contributed by atoms with van der Waals surface area (Å²) < 4.78 is 5.53. The van der Waals surface area contributed by atoms with Crippen molar-refractivity contribution in [2.24, 2.45) is 0 Å². The van der Waals surface area contributed by atoms with Crippen LogP contribution in [-0.4, -0.2) is 47.5 Å². The molecule has 0 amide bonds. The third-order valence-electron chi connectivity index (χ3n) is 4.92. The van der Waals surface area contributed by atoms with E-state index in [-0.39, 0.29) is 0 Å². The molecule has 2 unspecified atom stereocenters. The molecular formula is C16H22N2OS. The van der Waals surface area contributed by atoms with Gasteiger partial charge in [-0.1, -0.05) is 0 Å². The van der Waals surface area contributed by atoms with Gasteiger partial charge in [0.2, 0.25) is 0 Å². The minimum atomic E-state index is 0.684. The number of fused-ring (bicyclic) bond motifs is 1. The molecule has 3 nitrogen and oxygen atoms in total. The second kappa shape index (κ2) is 5.66. The van der Waals surface area contributed by atoms with E-state index in [0.717, 1.165) is 18.5 Å². The molecule has 0 bridgehead atoms. The van der Waals surface area contributed by atoms with Crippen molar-refractivity contribution in [1.29, 1.82) is 0 Å². The minimum Gasteiger partial charge on any atom is -0.380 e. The molecule has 0 saturated carbocycles. The number of pyridine rings is 1. The Kier molecular flexibility index (Phi) is 3.71. The van der Waals surface area contributed by atoms with Crippen LogP contribution in [0.3, 0.4) is 0 Å². The molecule has 2 aliphatic heterocycles. The lowest BCUT2D eigenvalue weighted by Gasteiger charge is -2.23. The molecule has 3 atom stereocenters. The van der Waals surface area contributed by atoms with E-state index < -0.39 is 0 Å². The van der Waals surface area contributed by atoms with Gasteiger partial charge >= 0.3 is 0 Å². The summed E-state index contributed by atoms with van der Waals surface area (Å²) in [6, 6.07) is 2.89. The van der Waals surface area contributed by atoms with E-state index in [1.807, 2.05) is 6.20 Å². The molecule has 4 rings (SSSR count). The number of aromatic nitrogens is 1. The summed E-state index contributed by atoms with van der Waals surface area (Å²) in [5, 5.41) is 1.48. The van der Waals surface area contributed by atoms with Crippen LogP contribution in [0.1, 0.15) is 35.6 Å². The first kappa shape index (κ1) is 13.1. The number of nitrogens with zero attached hydrogens (tertiary/aromatic N) is 2. The summed E-state index contributed by atoms with van der Waals surface area (Å²) >= 11 is 2.20. The molecule has 1 aliphatic carbocycles. The Morgan fingerprint density at radius 1 is 1.30 bits per heavy atom. The normalized spacial score (nSPS) is 33.7. The SMILES string of the molecule is c1cc2c(cn1)C(S[C@@H]1CCN(C3CCOC3)C1)CC2. The fourth-order valence-electron chi connectivity index (χ4n) is 3.78. The summed E-state index contributed by atoms with van der Waals surface area (Å²) in [4.78, 5) is 6.98. The van der Waals surface area contributed by atoms with Crippen molar-refractivity contribution in [2.45, 2.75) is 42.2 Å². The second-order valence-corrected chi connectivity index (χ2v) is 7.67. The topological polar surface area (TPSA) is 25.4 Å². The highest BCUT2D eigenvalue weighted by atomic mass is 32.2. The zero-order chi connectivity index (χ0) is 13.4. The lowest BCUT2D eigenvalue weighted by molar-refractivity contribution is 0.159. The Hall–Kier alpha value is -0.580. The predicted octanol–water partition coefficient (Wildman–Crippen LogP) is 2.67. The van der Waals surface area contributed by atoms with Crippen molar-refractivity contribution in [1.82, 2.24) is 9.88 Å². The number of ether oxygens (including phenoxy) is 1. The van der Waals surface area contributed by atoms with Gasteiger partial charge in [0.1, 0.15) is 0 Å². The third-order valence-corrected chi connectivity index (χ3v) is 6.51. The molecule has 108 valence electrons. The highest BCUT2D eigenvalue weighted by molar-refractivity contribution is 8.00. The Labute approximate surface area is 125 Å². The molecular weight excluding hydrogens is 268 g/mol. The number of hydrogen-bond acceptors (Lipinski definition) is 4. The lowest BCUT2D eigenvalue weighted by Crippen LogP contribution is -2.33. The molecule has 0 N–H and O–H groups in total. The minimum absolute atomic E-state index is 0.684. The third kappa shape index (κ3) is 2.49. The first-order valence-corrected chi connectivity index (χ1v) is 8.74. The Morgan fingerprint density at radius 3 is 3.20 bits per heavy atom. The first-order chi connectivity index (χ1) is 9.90. The fraction of sp³-hybridized carbons (Fsp3) is 0.688. The van der Waals surface area contributed by atoms with Gasteiger partial charge in [0, 0.05) is 42.1 Å². The van der Waals surface area contributed by atoms with Gasteiger partial charge in [0.25, 0.3) is 0 Å². The Balaban J connectivity index is 1.37. The fourth-order valence-corrected chi connectivity index (χ4v) is 5.37. The molecule has 20 heavy (non-hydrogen) atoms. The first-order valence-electron chi connectivity index (χ1n) is 7.80. The molecule has 3 aliphatic rings. The monoisotopic (exact) mass is 290 g/mol. The quantitative estimate of drug-likeness (QED) is 0.854. The summed E-state index contributed by atoms with van der Waals surface area (Å²) in [5.74, 6) is 0. The van der Waals surface area contributed by atoms with E-state index in [4.69, 9.17) is 4.74 Å². The highest BCUT2D eigenvalue weighted by Crippen LogP contribution is 2.44. The van der Waals surface area contributed by atoms with Crippen LogP contribution in [0.15, 0.2) is 18.5 Å². The van der Waals surface area contributed by atoms with Gasteiger partial charge in [-0.3, -0.25) is 9.88 Å². The van der Waals surface area contributed by atoms with Crippen molar-refractivity contribution in [3.63, 3.8) is 0 Å².